The number of benzene rings is 2. The highest BCUT2D eigenvalue weighted by molar-refractivity contribution is 6.05. The number of ether oxygens (including phenoxy) is 2. The van der Waals surface area contributed by atoms with E-state index in [1.165, 1.54) is 0 Å². The first kappa shape index (κ1) is 14.5. The van der Waals surface area contributed by atoms with Gasteiger partial charge in [-0.2, -0.15) is 0 Å². The Balaban J connectivity index is 2.07. The minimum absolute atomic E-state index is 0.769. The van der Waals surface area contributed by atoms with E-state index >= 15 is 0 Å². The van der Waals surface area contributed by atoms with Crippen LogP contribution in [0.5, 0.6) is 11.5 Å². The van der Waals surface area contributed by atoms with Crippen molar-refractivity contribution in [1.82, 2.24) is 9.97 Å². The van der Waals surface area contributed by atoms with Crippen molar-refractivity contribution in [3.05, 3.63) is 60.9 Å². The molecule has 0 aliphatic heterocycles. The highest BCUT2D eigenvalue weighted by atomic mass is 16.5. The Morgan fingerprint density at radius 2 is 1.08 bits per heavy atom. The van der Waals surface area contributed by atoms with Crippen LogP contribution in [0, 0.1) is 0 Å². The molecule has 0 amide bonds. The second-order valence-corrected chi connectivity index (χ2v) is 5.43. The Morgan fingerprint density at radius 3 is 1.50 bits per heavy atom. The molecule has 0 spiro atoms. The third-order valence-electron chi connectivity index (χ3n) is 4.20. The predicted octanol–water partition coefficient (Wildman–Crippen LogP) is 4.47. The van der Waals surface area contributed by atoms with Crippen molar-refractivity contribution < 1.29 is 9.47 Å². The van der Waals surface area contributed by atoms with Gasteiger partial charge in [0, 0.05) is 23.2 Å². The number of hydrogen-bond acceptors (Lipinski definition) is 4. The summed E-state index contributed by atoms with van der Waals surface area (Å²) in [6.45, 7) is 0. The number of pyridine rings is 2. The van der Waals surface area contributed by atoms with Gasteiger partial charge in [-0.1, -0.05) is 24.3 Å². The molecule has 0 fully saturated rings. The quantitative estimate of drug-likeness (QED) is 0.559. The molecule has 0 aliphatic carbocycles. The van der Waals surface area contributed by atoms with Crippen LogP contribution in [0.4, 0.5) is 0 Å². The molecule has 4 heteroatoms. The Morgan fingerprint density at radius 1 is 0.625 bits per heavy atom. The van der Waals surface area contributed by atoms with Crippen LogP contribution in [0.15, 0.2) is 60.9 Å². The van der Waals surface area contributed by atoms with E-state index in [4.69, 9.17) is 9.47 Å². The van der Waals surface area contributed by atoms with Crippen molar-refractivity contribution in [3.63, 3.8) is 0 Å². The van der Waals surface area contributed by atoms with Crippen molar-refractivity contribution >= 4 is 21.8 Å². The average Bonchev–Trinajstić information content (AvgIpc) is 2.66. The van der Waals surface area contributed by atoms with Gasteiger partial charge < -0.3 is 9.47 Å². The molecule has 0 atom stereocenters. The zero-order chi connectivity index (χ0) is 16.5. The third-order valence-corrected chi connectivity index (χ3v) is 4.20. The summed E-state index contributed by atoms with van der Waals surface area (Å²) in [7, 11) is 3.33. The van der Waals surface area contributed by atoms with E-state index in [9.17, 15) is 0 Å². The molecule has 0 N–H and O–H groups in total. The molecule has 0 unspecified atom stereocenters. The van der Waals surface area contributed by atoms with Crippen molar-refractivity contribution in [2.45, 2.75) is 0 Å². The number of fused-ring (bicyclic) bond motifs is 2. The zero-order valence-electron chi connectivity index (χ0n) is 13.5. The normalized spacial score (nSPS) is 10.9. The topological polar surface area (TPSA) is 44.2 Å². The van der Waals surface area contributed by atoms with Gasteiger partial charge in [-0.25, -0.2) is 0 Å². The summed E-state index contributed by atoms with van der Waals surface area (Å²) in [5.41, 5.74) is 3.90. The first-order valence-electron chi connectivity index (χ1n) is 7.67. The number of hydrogen-bond donors (Lipinski definition) is 0. The van der Waals surface area contributed by atoms with Crippen molar-refractivity contribution in [3.8, 4) is 22.6 Å². The molecular formula is C20H16N2O2. The van der Waals surface area contributed by atoms with Gasteiger partial charge in [-0.3, -0.25) is 9.97 Å². The maximum Gasteiger partial charge on any atom is 0.145 e. The molecular weight excluding hydrogens is 300 g/mol. The van der Waals surface area contributed by atoms with Gasteiger partial charge in [0.15, 0.2) is 0 Å². The summed E-state index contributed by atoms with van der Waals surface area (Å²) in [4.78, 5) is 8.97. The molecule has 0 radical (unpaired) electrons. The molecule has 2 heterocycles. The van der Waals surface area contributed by atoms with E-state index in [0.717, 1.165) is 44.4 Å². The maximum absolute atomic E-state index is 5.45. The van der Waals surface area contributed by atoms with E-state index in [1.807, 2.05) is 48.8 Å². The average molecular weight is 316 g/mol. The number of nitrogens with zero attached hydrogens (tertiary/aromatic N) is 2. The molecule has 4 aromatic rings. The molecule has 24 heavy (non-hydrogen) atoms. The molecule has 118 valence electrons. The Bertz CT molecular complexity index is 959. The van der Waals surface area contributed by atoms with Gasteiger partial charge >= 0.3 is 0 Å². The summed E-state index contributed by atoms with van der Waals surface area (Å²) in [5.74, 6) is 1.54. The summed E-state index contributed by atoms with van der Waals surface area (Å²) < 4.78 is 10.9. The smallest absolute Gasteiger partial charge is 0.145 e. The van der Waals surface area contributed by atoms with E-state index in [1.54, 1.807) is 14.2 Å². The van der Waals surface area contributed by atoms with Crippen LogP contribution in [0.3, 0.4) is 0 Å². The largest absolute Gasteiger partial charge is 0.494 e. The predicted molar refractivity (Wildman–Crippen MR) is 95.6 cm³/mol. The van der Waals surface area contributed by atoms with Crippen LogP contribution in [0.1, 0.15) is 0 Å². The van der Waals surface area contributed by atoms with Gasteiger partial charge in [0.05, 0.1) is 14.2 Å². The maximum atomic E-state index is 5.45. The van der Waals surface area contributed by atoms with Gasteiger partial charge in [0.1, 0.15) is 22.5 Å². The van der Waals surface area contributed by atoms with Crippen LogP contribution in [0.2, 0.25) is 0 Å². The van der Waals surface area contributed by atoms with Crippen molar-refractivity contribution in [1.29, 1.82) is 0 Å². The van der Waals surface area contributed by atoms with Crippen molar-refractivity contribution in [2.24, 2.45) is 0 Å². The van der Waals surface area contributed by atoms with E-state index in [2.05, 4.69) is 22.1 Å². The third kappa shape index (κ3) is 2.15. The lowest BCUT2D eigenvalue weighted by Gasteiger charge is -2.12. The van der Waals surface area contributed by atoms with Gasteiger partial charge in [-0.15, -0.1) is 0 Å². The summed E-state index contributed by atoms with van der Waals surface area (Å²) in [6, 6.07) is 16.0. The summed E-state index contributed by atoms with van der Waals surface area (Å²) >= 11 is 0. The molecule has 4 rings (SSSR count). The lowest BCUT2D eigenvalue weighted by molar-refractivity contribution is 0.419. The van der Waals surface area contributed by atoms with Crippen molar-refractivity contribution in [2.75, 3.05) is 14.2 Å². The first-order valence-corrected chi connectivity index (χ1v) is 7.67. The van der Waals surface area contributed by atoms with Gasteiger partial charge in [0.25, 0.3) is 0 Å². The second-order valence-electron chi connectivity index (χ2n) is 5.43. The molecule has 4 nitrogen and oxygen atoms in total. The summed E-state index contributed by atoms with van der Waals surface area (Å²) in [5, 5.41) is 2.10. The minimum Gasteiger partial charge on any atom is -0.494 e. The molecule has 0 saturated heterocycles. The van der Waals surface area contributed by atoms with Crippen LogP contribution < -0.4 is 9.47 Å². The van der Waals surface area contributed by atoms with E-state index in [-0.39, 0.29) is 0 Å². The standard InChI is InChI=1S/C20H16N2O2/c1-23-17-7-3-5-15-13(9-11-21-19(15)17)14-10-12-22-20-16(14)6-4-8-18(20)24-2/h3-12H,1-2H3. The molecule has 0 aliphatic rings. The Hall–Kier alpha value is -3.14. The van der Waals surface area contributed by atoms with Crippen LogP contribution in [-0.2, 0) is 0 Å². The lowest BCUT2D eigenvalue weighted by Crippen LogP contribution is -1.92. The van der Waals surface area contributed by atoms with Crippen LogP contribution in [-0.4, -0.2) is 24.2 Å². The van der Waals surface area contributed by atoms with Crippen LogP contribution >= 0.6 is 0 Å². The fraction of sp³-hybridized carbons (Fsp3) is 0.100. The van der Waals surface area contributed by atoms with Crippen LogP contribution in [0.25, 0.3) is 32.9 Å². The fourth-order valence-electron chi connectivity index (χ4n) is 3.10. The second kappa shape index (κ2) is 5.81. The van der Waals surface area contributed by atoms with E-state index in [0.29, 0.717) is 0 Å². The zero-order valence-corrected chi connectivity index (χ0v) is 13.5. The highest BCUT2D eigenvalue weighted by Crippen LogP contribution is 2.36. The lowest BCUT2D eigenvalue weighted by atomic mass is 9.98. The number of para-hydroxylation sites is 2. The monoisotopic (exact) mass is 316 g/mol. The Kier molecular flexibility index (Phi) is 3.50. The van der Waals surface area contributed by atoms with E-state index < -0.39 is 0 Å². The highest BCUT2D eigenvalue weighted by Gasteiger charge is 2.12. The minimum atomic E-state index is 0.769. The number of rotatable bonds is 3. The summed E-state index contributed by atoms with van der Waals surface area (Å²) in [6.07, 6.45) is 3.62. The number of methoxy groups -OCH3 is 2. The Labute approximate surface area is 139 Å². The van der Waals surface area contributed by atoms with Gasteiger partial charge in [-0.05, 0) is 35.4 Å². The molecule has 2 aromatic heterocycles. The molecule has 2 aromatic carbocycles. The van der Waals surface area contributed by atoms with Gasteiger partial charge in [0.2, 0.25) is 0 Å². The SMILES string of the molecule is COc1cccc2c(-c3ccnc4c(OC)cccc34)ccnc12. The molecule has 0 bridgehead atoms. The number of aromatic nitrogens is 2. The first-order chi connectivity index (χ1) is 11.8. The molecule has 0 saturated carbocycles. The fourth-order valence-corrected chi connectivity index (χ4v) is 3.10.